The Hall–Kier alpha value is -1.19. The van der Waals surface area contributed by atoms with Crippen LogP contribution >= 0.6 is 0 Å². The number of hydrogen-bond donors (Lipinski definition) is 1. The summed E-state index contributed by atoms with van der Waals surface area (Å²) >= 11 is 0. The third kappa shape index (κ3) is 3.92. The highest BCUT2D eigenvalue weighted by Gasteiger charge is 2.27. The molecule has 0 aliphatic carbocycles. The number of carbonyl (C=O) groups excluding carboxylic acids is 1. The van der Waals surface area contributed by atoms with Gasteiger partial charge in [0.05, 0.1) is 0 Å². The van der Waals surface area contributed by atoms with E-state index in [0.29, 0.717) is 5.78 Å². The molecule has 0 aromatic heterocycles. The Labute approximate surface area is 127 Å². The lowest BCUT2D eigenvalue weighted by Crippen LogP contribution is -2.41. The molecule has 1 aromatic rings. The molecule has 2 saturated heterocycles. The van der Waals surface area contributed by atoms with Crippen LogP contribution in [0.25, 0.3) is 0 Å². The van der Waals surface area contributed by atoms with Gasteiger partial charge in [0.1, 0.15) is 0 Å². The molecule has 0 spiro atoms. The zero-order chi connectivity index (χ0) is 14.5. The second-order valence-corrected chi connectivity index (χ2v) is 6.50. The maximum absolute atomic E-state index is 12.5. The minimum atomic E-state index is 0.233. The smallest absolute Gasteiger partial charge is 0.166 e. The normalized spacial score (nSPS) is 22.3. The number of carbonyl (C=O) groups is 1. The molecule has 0 saturated carbocycles. The first-order valence-corrected chi connectivity index (χ1v) is 8.35. The van der Waals surface area contributed by atoms with Crippen molar-refractivity contribution in [1.82, 2.24) is 10.2 Å². The van der Waals surface area contributed by atoms with Crippen molar-refractivity contribution in [1.29, 1.82) is 0 Å². The third-order valence-corrected chi connectivity index (χ3v) is 4.99. The zero-order valence-corrected chi connectivity index (χ0v) is 12.8. The van der Waals surface area contributed by atoms with Gasteiger partial charge in [0.2, 0.25) is 0 Å². The van der Waals surface area contributed by atoms with Crippen molar-refractivity contribution >= 4 is 5.78 Å². The van der Waals surface area contributed by atoms with Crippen molar-refractivity contribution in [3.63, 3.8) is 0 Å². The van der Waals surface area contributed by atoms with Crippen LogP contribution < -0.4 is 5.32 Å². The number of hydrogen-bond acceptors (Lipinski definition) is 3. The molecule has 2 aliphatic rings. The van der Waals surface area contributed by atoms with Gasteiger partial charge in [-0.25, -0.2) is 0 Å². The Morgan fingerprint density at radius 2 is 1.71 bits per heavy atom. The predicted octanol–water partition coefficient (Wildman–Crippen LogP) is 2.58. The molecule has 114 valence electrons. The van der Waals surface area contributed by atoms with E-state index in [1.807, 2.05) is 30.3 Å². The van der Waals surface area contributed by atoms with Crippen LogP contribution in [0.15, 0.2) is 30.3 Å². The van der Waals surface area contributed by atoms with Gasteiger partial charge in [0, 0.05) is 18.0 Å². The first kappa shape index (κ1) is 14.7. The molecule has 0 unspecified atom stereocenters. The number of rotatable bonds is 4. The van der Waals surface area contributed by atoms with E-state index in [2.05, 4.69) is 10.2 Å². The Balaban J connectivity index is 1.47. The SMILES string of the molecule is O=C(c1ccccc1)C1CCN(CC2CCNCC2)CC1. The van der Waals surface area contributed by atoms with E-state index >= 15 is 0 Å². The second-order valence-electron chi connectivity index (χ2n) is 6.50. The summed E-state index contributed by atoms with van der Waals surface area (Å²) in [7, 11) is 0. The molecular formula is C18H26N2O. The molecule has 0 bridgehead atoms. The molecule has 21 heavy (non-hydrogen) atoms. The molecule has 3 rings (SSSR count). The third-order valence-electron chi connectivity index (χ3n) is 4.99. The zero-order valence-electron chi connectivity index (χ0n) is 12.8. The second kappa shape index (κ2) is 7.19. The molecule has 0 atom stereocenters. The standard InChI is InChI=1S/C18H26N2O/c21-18(16-4-2-1-3-5-16)17-8-12-20(13-9-17)14-15-6-10-19-11-7-15/h1-5,15,17,19H,6-14H2. The predicted molar refractivity (Wildman–Crippen MR) is 85.5 cm³/mol. The molecule has 2 aliphatic heterocycles. The molecule has 3 heteroatoms. The minimum absolute atomic E-state index is 0.233. The van der Waals surface area contributed by atoms with E-state index in [4.69, 9.17) is 0 Å². The van der Waals surface area contributed by atoms with Crippen LogP contribution in [0.2, 0.25) is 0 Å². The number of nitrogens with one attached hydrogen (secondary N) is 1. The van der Waals surface area contributed by atoms with Gasteiger partial charge in [-0.1, -0.05) is 30.3 Å². The van der Waals surface area contributed by atoms with Crippen molar-refractivity contribution in [3.8, 4) is 0 Å². The first-order chi connectivity index (χ1) is 10.3. The summed E-state index contributed by atoms with van der Waals surface area (Å²) in [6.45, 7) is 5.76. The number of likely N-dealkylation sites (tertiary alicyclic amines) is 1. The van der Waals surface area contributed by atoms with Crippen LogP contribution in [0.4, 0.5) is 0 Å². The Morgan fingerprint density at radius 3 is 2.38 bits per heavy atom. The number of ketones is 1. The fourth-order valence-corrected chi connectivity index (χ4v) is 3.65. The topological polar surface area (TPSA) is 32.3 Å². The van der Waals surface area contributed by atoms with E-state index < -0.39 is 0 Å². The van der Waals surface area contributed by atoms with Crippen molar-refractivity contribution in [3.05, 3.63) is 35.9 Å². The summed E-state index contributed by atoms with van der Waals surface area (Å²) in [5.41, 5.74) is 0.884. The van der Waals surface area contributed by atoms with Gasteiger partial charge in [-0.15, -0.1) is 0 Å². The lowest BCUT2D eigenvalue weighted by Gasteiger charge is -2.35. The van der Waals surface area contributed by atoms with Gasteiger partial charge < -0.3 is 10.2 Å². The highest BCUT2D eigenvalue weighted by atomic mass is 16.1. The molecule has 1 aromatic carbocycles. The van der Waals surface area contributed by atoms with Crippen LogP contribution in [-0.4, -0.2) is 43.4 Å². The molecule has 0 amide bonds. The van der Waals surface area contributed by atoms with Crippen LogP contribution in [-0.2, 0) is 0 Å². The van der Waals surface area contributed by atoms with Gasteiger partial charge in [-0.2, -0.15) is 0 Å². The summed E-state index contributed by atoms with van der Waals surface area (Å²) in [4.78, 5) is 15.0. The lowest BCUT2D eigenvalue weighted by atomic mass is 9.88. The quantitative estimate of drug-likeness (QED) is 0.864. The van der Waals surface area contributed by atoms with Crippen LogP contribution in [0.3, 0.4) is 0 Å². The van der Waals surface area contributed by atoms with Gasteiger partial charge in [0.25, 0.3) is 0 Å². The van der Waals surface area contributed by atoms with Crippen molar-refractivity contribution in [2.45, 2.75) is 25.7 Å². The summed E-state index contributed by atoms with van der Waals surface area (Å²) < 4.78 is 0. The average molecular weight is 286 g/mol. The number of Topliss-reactive ketones (excluding diaryl/α,β-unsaturated/α-hetero) is 1. The van der Waals surface area contributed by atoms with Gasteiger partial charge in [0.15, 0.2) is 5.78 Å². The monoisotopic (exact) mass is 286 g/mol. The highest BCUT2D eigenvalue weighted by Crippen LogP contribution is 2.23. The van der Waals surface area contributed by atoms with E-state index in [1.165, 1.54) is 32.5 Å². The maximum atomic E-state index is 12.5. The summed E-state index contributed by atoms with van der Waals surface area (Å²) in [6.07, 6.45) is 4.67. The average Bonchev–Trinajstić information content (AvgIpc) is 2.57. The summed E-state index contributed by atoms with van der Waals surface area (Å²) in [5, 5.41) is 3.43. The number of nitrogens with zero attached hydrogens (tertiary/aromatic N) is 1. The number of piperidine rings is 2. The Kier molecular flexibility index (Phi) is 5.04. The summed E-state index contributed by atoms with van der Waals surface area (Å²) in [5.74, 6) is 1.43. The largest absolute Gasteiger partial charge is 0.317 e. The number of benzene rings is 1. The van der Waals surface area contributed by atoms with Crippen LogP contribution in [0, 0.1) is 11.8 Å². The molecule has 2 heterocycles. The minimum Gasteiger partial charge on any atom is -0.317 e. The van der Waals surface area contributed by atoms with Crippen molar-refractivity contribution < 1.29 is 4.79 Å². The maximum Gasteiger partial charge on any atom is 0.166 e. The van der Waals surface area contributed by atoms with Gasteiger partial charge >= 0.3 is 0 Å². The fourth-order valence-electron chi connectivity index (χ4n) is 3.65. The van der Waals surface area contributed by atoms with Crippen LogP contribution in [0.1, 0.15) is 36.0 Å². The fraction of sp³-hybridized carbons (Fsp3) is 0.611. The first-order valence-electron chi connectivity index (χ1n) is 8.35. The van der Waals surface area contributed by atoms with Crippen LogP contribution in [0.5, 0.6) is 0 Å². The Bertz CT molecular complexity index is 446. The molecular weight excluding hydrogens is 260 g/mol. The Morgan fingerprint density at radius 1 is 1.05 bits per heavy atom. The van der Waals surface area contributed by atoms with Gasteiger partial charge in [-0.3, -0.25) is 4.79 Å². The van der Waals surface area contributed by atoms with Crippen molar-refractivity contribution in [2.75, 3.05) is 32.7 Å². The van der Waals surface area contributed by atoms with E-state index in [9.17, 15) is 4.79 Å². The molecule has 3 nitrogen and oxygen atoms in total. The van der Waals surface area contributed by atoms with Gasteiger partial charge in [-0.05, 0) is 57.8 Å². The lowest BCUT2D eigenvalue weighted by molar-refractivity contribution is 0.0819. The highest BCUT2D eigenvalue weighted by molar-refractivity contribution is 5.97. The summed E-state index contributed by atoms with van der Waals surface area (Å²) in [6, 6.07) is 9.78. The van der Waals surface area contributed by atoms with E-state index in [0.717, 1.165) is 37.4 Å². The van der Waals surface area contributed by atoms with Crippen molar-refractivity contribution in [2.24, 2.45) is 11.8 Å². The van der Waals surface area contributed by atoms with E-state index in [-0.39, 0.29) is 5.92 Å². The molecule has 2 fully saturated rings. The molecule has 0 radical (unpaired) electrons. The van der Waals surface area contributed by atoms with E-state index in [1.54, 1.807) is 0 Å². The molecule has 1 N–H and O–H groups in total.